The summed E-state index contributed by atoms with van der Waals surface area (Å²) in [6, 6.07) is 10.4. The highest BCUT2D eigenvalue weighted by Gasteiger charge is 2.24. The number of hydrogen-bond donors (Lipinski definition) is 1. The third-order valence-corrected chi connectivity index (χ3v) is 5.60. The van der Waals surface area contributed by atoms with Gasteiger partial charge >= 0.3 is 0 Å². The zero-order chi connectivity index (χ0) is 16.6. The van der Waals surface area contributed by atoms with Crippen LogP contribution in [0.15, 0.2) is 35.2 Å². The standard InChI is InChI=1S/C18H27N3O2S/c22-18(15-24-17-4-2-1-3-5-17)19-16-6-7-21(14-16)9-8-20-10-12-23-13-11-20/h1-5,16H,6-15H2,(H,19,22)/t16-/m0/s1. The van der Waals surface area contributed by atoms with Crippen LogP contribution in [0.4, 0.5) is 0 Å². The highest BCUT2D eigenvalue weighted by molar-refractivity contribution is 8.00. The number of thioether (sulfide) groups is 1. The van der Waals surface area contributed by atoms with Crippen LogP contribution in [0.3, 0.4) is 0 Å². The Bertz CT molecular complexity index is 508. The fourth-order valence-electron chi connectivity index (χ4n) is 3.20. The Kier molecular flexibility index (Phi) is 6.96. The smallest absolute Gasteiger partial charge is 0.230 e. The Balaban J connectivity index is 1.31. The van der Waals surface area contributed by atoms with Crippen molar-refractivity contribution in [3.63, 3.8) is 0 Å². The molecule has 1 N–H and O–H groups in total. The van der Waals surface area contributed by atoms with Crippen molar-refractivity contribution in [3.8, 4) is 0 Å². The number of likely N-dealkylation sites (tertiary alicyclic amines) is 1. The molecule has 0 spiro atoms. The normalized spacial score (nSPS) is 22.6. The molecule has 2 heterocycles. The minimum absolute atomic E-state index is 0.142. The Labute approximate surface area is 148 Å². The number of nitrogens with one attached hydrogen (secondary N) is 1. The monoisotopic (exact) mass is 349 g/mol. The Morgan fingerprint density at radius 3 is 2.67 bits per heavy atom. The van der Waals surface area contributed by atoms with E-state index < -0.39 is 0 Å². The van der Waals surface area contributed by atoms with Crippen molar-refractivity contribution in [2.45, 2.75) is 17.4 Å². The van der Waals surface area contributed by atoms with Crippen LogP contribution < -0.4 is 5.32 Å². The van der Waals surface area contributed by atoms with Crippen LogP contribution in [-0.4, -0.2) is 80.0 Å². The van der Waals surface area contributed by atoms with Gasteiger partial charge in [-0.15, -0.1) is 11.8 Å². The summed E-state index contributed by atoms with van der Waals surface area (Å²) in [5.74, 6) is 0.637. The van der Waals surface area contributed by atoms with E-state index in [-0.39, 0.29) is 5.91 Å². The van der Waals surface area contributed by atoms with Crippen molar-refractivity contribution < 1.29 is 9.53 Å². The van der Waals surface area contributed by atoms with Gasteiger partial charge in [-0.1, -0.05) is 18.2 Å². The summed E-state index contributed by atoms with van der Waals surface area (Å²) in [5.41, 5.74) is 0. The molecule has 0 saturated carbocycles. The molecule has 24 heavy (non-hydrogen) atoms. The first-order chi connectivity index (χ1) is 11.8. The Morgan fingerprint density at radius 2 is 1.88 bits per heavy atom. The number of carbonyl (C=O) groups excluding carboxylic acids is 1. The second-order valence-electron chi connectivity index (χ2n) is 6.41. The van der Waals surface area contributed by atoms with Crippen LogP contribution in [0.1, 0.15) is 6.42 Å². The van der Waals surface area contributed by atoms with Gasteiger partial charge in [-0.25, -0.2) is 0 Å². The highest BCUT2D eigenvalue weighted by atomic mass is 32.2. The average Bonchev–Trinajstić information content (AvgIpc) is 3.07. The molecule has 3 rings (SSSR count). The number of ether oxygens (including phenoxy) is 1. The molecule has 6 heteroatoms. The first-order valence-corrected chi connectivity index (χ1v) is 9.78. The summed E-state index contributed by atoms with van der Waals surface area (Å²) >= 11 is 1.60. The molecule has 0 aromatic heterocycles. The second-order valence-corrected chi connectivity index (χ2v) is 7.46. The van der Waals surface area contributed by atoms with Crippen molar-refractivity contribution in [2.24, 2.45) is 0 Å². The van der Waals surface area contributed by atoms with Crippen molar-refractivity contribution in [3.05, 3.63) is 30.3 Å². The van der Waals surface area contributed by atoms with E-state index >= 15 is 0 Å². The van der Waals surface area contributed by atoms with Crippen molar-refractivity contribution in [1.82, 2.24) is 15.1 Å². The topological polar surface area (TPSA) is 44.8 Å². The molecular formula is C18H27N3O2S. The molecule has 2 saturated heterocycles. The SMILES string of the molecule is O=C(CSc1ccccc1)N[C@H]1CCN(CCN2CCOCC2)C1. The van der Waals surface area contributed by atoms with Crippen molar-refractivity contribution in [1.29, 1.82) is 0 Å². The molecule has 0 aliphatic carbocycles. The summed E-state index contributed by atoms with van der Waals surface area (Å²) in [4.78, 5) is 18.2. The average molecular weight is 350 g/mol. The number of morpholine rings is 1. The van der Waals surface area contributed by atoms with Gasteiger partial charge in [0.05, 0.1) is 19.0 Å². The number of amides is 1. The molecule has 1 aromatic rings. The second kappa shape index (κ2) is 9.42. The van der Waals surface area contributed by atoms with E-state index in [0.717, 1.165) is 63.8 Å². The highest BCUT2D eigenvalue weighted by Crippen LogP contribution is 2.17. The van der Waals surface area contributed by atoms with E-state index in [9.17, 15) is 4.79 Å². The van der Waals surface area contributed by atoms with Crippen LogP contribution in [-0.2, 0) is 9.53 Å². The lowest BCUT2D eigenvalue weighted by Gasteiger charge is -2.28. The molecule has 0 unspecified atom stereocenters. The number of rotatable bonds is 7. The number of hydrogen-bond acceptors (Lipinski definition) is 5. The lowest BCUT2D eigenvalue weighted by Crippen LogP contribution is -2.42. The van der Waals surface area contributed by atoms with Crippen molar-refractivity contribution >= 4 is 17.7 Å². The summed E-state index contributed by atoms with van der Waals surface area (Å²) in [6.45, 7) is 8.07. The number of benzene rings is 1. The van der Waals surface area contributed by atoms with Gasteiger partial charge in [0, 0.05) is 50.2 Å². The van der Waals surface area contributed by atoms with Gasteiger partial charge in [-0.3, -0.25) is 14.6 Å². The zero-order valence-corrected chi connectivity index (χ0v) is 15.0. The zero-order valence-electron chi connectivity index (χ0n) is 14.2. The van der Waals surface area contributed by atoms with Gasteiger partial charge in [0.2, 0.25) is 5.91 Å². The number of carbonyl (C=O) groups is 1. The van der Waals surface area contributed by atoms with Gasteiger partial charge < -0.3 is 10.1 Å². The van der Waals surface area contributed by atoms with Crippen molar-refractivity contribution in [2.75, 3.05) is 58.2 Å². The summed E-state index contributed by atoms with van der Waals surface area (Å²) < 4.78 is 5.38. The number of nitrogens with zero attached hydrogens (tertiary/aromatic N) is 2. The third-order valence-electron chi connectivity index (χ3n) is 4.59. The van der Waals surface area contributed by atoms with Crippen LogP contribution >= 0.6 is 11.8 Å². The van der Waals surface area contributed by atoms with Gasteiger partial charge in [0.15, 0.2) is 0 Å². The Hall–Kier alpha value is -1.08. The van der Waals surface area contributed by atoms with Gasteiger partial charge in [0.1, 0.15) is 0 Å². The fourth-order valence-corrected chi connectivity index (χ4v) is 3.93. The molecule has 1 amide bonds. The van der Waals surface area contributed by atoms with E-state index in [2.05, 4.69) is 15.1 Å². The first kappa shape index (κ1) is 17.7. The predicted octanol–water partition coefficient (Wildman–Crippen LogP) is 1.30. The largest absolute Gasteiger partial charge is 0.379 e. The molecule has 1 aromatic carbocycles. The molecule has 2 fully saturated rings. The molecule has 5 nitrogen and oxygen atoms in total. The molecule has 2 aliphatic rings. The summed E-state index contributed by atoms with van der Waals surface area (Å²) in [7, 11) is 0. The lowest BCUT2D eigenvalue weighted by atomic mass is 10.2. The lowest BCUT2D eigenvalue weighted by molar-refractivity contribution is -0.119. The van der Waals surface area contributed by atoms with Gasteiger partial charge in [-0.2, -0.15) is 0 Å². The van der Waals surface area contributed by atoms with Gasteiger partial charge in [0.25, 0.3) is 0 Å². The molecule has 0 radical (unpaired) electrons. The summed E-state index contributed by atoms with van der Waals surface area (Å²) in [5, 5.41) is 3.18. The van der Waals surface area contributed by atoms with Crippen LogP contribution in [0.2, 0.25) is 0 Å². The predicted molar refractivity (Wildman–Crippen MR) is 97.4 cm³/mol. The maximum absolute atomic E-state index is 12.1. The van der Waals surface area contributed by atoms with E-state index in [1.54, 1.807) is 11.8 Å². The maximum Gasteiger partial charge on any atom is 0.230 e. The van der Waals surface area contributed by atoms with E-state index in [1.807, 2.05) is 30.3 Å². The molecule has 2 aliphatic heterocycles. The van der Waals surface area contributed by atoms with Gasteiger partial charge in [-0.05, 0) is 18.6 Å². The maximum atomic E-state index is 12.1. The minimum atomic E-state index is 0.142. The molecule has 132 valence electrons. The van der Waals surface area contributed by atoms with E-state index in [4.69, 9.17) is 4.74 Å². The van der Waals surface area contributed by atoms with Crippen LogP contribution in [0.5, 0.6) is 0 Å². The summed E-state index contributed by atoms with van der Waals surface area (Å²) in [6.07, 6.45) is 1.06. The van der Waals surface area contributed by atoms with E-state index in [1.165, 1.54) is 0 Å². The molecule has 1 atom stereocenters. The Morgan fingerprint density at radius 1 is 1.12 bits per heavy atom. The first-order valence-electron chi connectivity index (χ1n) is 8.79. The van der Waals surface area contributed by atoms with Crippen LogP contribution in [0.25, 0.3) is 0 Å². The van der Waals surface area contributed by atoms with E-state index in [0.29, 0.717) is 11.8 Å². The molecular weight excluding hydrogens is 322 g/mol. The molecule has 0 bridgehead atoms. The third kappa shape index (κ3) is 5.77. The van der Waals surface area contributed by atoms with Crippen LogP contribution in [0, 0.1) is 0 Å². The quantitative estimate of drug-likeness (QED) is 0.752. The fraction of sp³-hybridized carbons (Fsp3) is 0.611. The minimum Gasteiger partial charge on any atom is -0.379 e.